The minimum Gasteiger partial charge on any atom is -0.497 e. The van der Waals surface area contributed by atoms with Crippen LogP contribution in [-0.4, -0.2) is 67.9 Å². The largest absolute Gasteiger partial charge is 0.497 e. The Morgan fingerprint density at radius 1 is 0.870 bits per heavy atom. The number of hydrogen-bond acceptors (Lipinski definition) is 8. The van der Waals surface area contributed by atoms with Gasteiger partial charge >= 0.3 is 0 Å². The number of nitrogens with one attached hydrogen (secondary N) is 2. The minimum absolute atomic E-state index is 0.0749. The molecule has 1 fully saturated rings. The van der Waals surface area contributed by atoms with E-state index < -0.39 is 51.9 Å². The summed E-state index contributed by atoms with van der Waals surface area (Å²) in [6, 6.07) is 13.5. The maximum absolute atomic E-state index is 14.2. The number of nitrogens with zero attached hydrogens (tertiary/aromatic N) is 1. The van der Waals surface area contributed by atoms with Crippen molar-refractivity contribution in [2.24, 2.45) is 0 Å². The lowest BCUT2D eigenvalue weighted by molar-refractivity contribution is -0.126. The van der Waals surface area contributed by atoms with Crippen molar-refractivity contribution in [1.82, 2.24) is 5.32 Å². The summed E-state index contributed by atoms with van der Waals surface area (Å²) in [7, 11) is 3.89. The van der Waals surface area contributed by atoms with Gasteiger partial charge in [-0.25, -0.2) is 4.39 Å². The molecule has 0 aromatic heterocycles. The lowest BCUT2D eigenvalue weighted by atomic mass is 10.0. The topological polar surface area (TPSA) is 132 Å². The molecule has 1 saturated carbocycles. The summed E-state index contributed by atoms with van der Waals surface area (Å²) in [6.45, 7) is 0. The van der Waals surface area contributed by atoms with Crippen LogP contribution in [0.4, 0.5) is 15.8 Å². The second-order valence-electron chi connectivity index (χ2n) is 10.6. The van der Waals surface area contributed by atoms with E-state index >= 15 is 0 Å². The first-order valence-corrected chi connectivity index (χ1v) is 16.1. The van der Waals surface area contributed by atoms with Gasteiger partial charge in [-0.1, -0.05) is 12.8 Å². The Kier molecular flexibility index (Phi) is 12.0. The zero-order chi connectivity index (χ0) is 33.2. The van der Waals surface area contributed by atoms with Crippen LogP contribution in [0.5, 0.6) is 23.0 Å². The van der Waals surface area contributed by atoms with Crippen LogP contribution >= 0.6 is 0 Å². The van der Waals surface area contributed by atoms with Crippen LogP contribution in [0.15, 0.2) is 60.7 Å². The third-order valence-electron chi connectivity index (χ3n) is 7.53. The first-order valence-electron chi connectivity index (χ1n) is 14.6. The quantitative estimate of drug-likeness (QED) is 0.262. The molecule has 0 saturated heterocycles. The molecule has 1 aliphatic carbocycles. The number of methoxy groups -OCH3 is 4. The van der Waals surface area contributed by atoms with Gasteiger partial charge in [0.15, 0.2) is 11.5 Å². The Bertz CT molecular complexity index is 1520. The van der Waals surface area contributed by atoms with Crippen molar-refractivity contribution in [3.8, 4) is 23.0 Å². The van der Waals surface area contributed by atoms with Crippen LogP contribution in [0.2, 0.25) is 0 Å². The van der Waals surface area contributed by atoms with Gasteiger partial charge in [0.05, 0.1) is 28.4 Å². The normalized spacial score (nSPS) is 14.1. The van der Waals surface area contributed by atoms with Crippen LogP contribution in [0.25, 0.3) is 0 Å². The zero-order valence-electron chi connectivity index (χ0n) is 26.2. The molecule has 11 nitrogen and oxygen atoms in total. The highest BCUT2D eigenvalue weighted by atomic mass is 32.2. The van der Waals surface area contributed by atoms with Crippen LogP contribution in [0.1, 0.15) is 37.3 Å². The van der Waals surface area contributed by atoms with Gasteiger partial charge in [0.1, 0.15) is 29.1 Å². The molecule has 3 amide bonds. The molecule has 13 heteroatoms. The summed E-state index contributed by atoms with van der Waals surface area (Å²) in [6.07, 6.45) is 3.55. The van der Waals surface area contributed by atoms with E-state index in [2.05, 4.69) is 10.6 Å². The smallest absolute Gasteiger partial charge is 0.248 e. The predicted molar refractivity (Wildman–Crippen MR) is 173 cm³/mol. The molecule has 3 aromatic rings. The average Bonchev–Trinajstić information content (AvgIpc) is 3.56. The van der Waals surface area contributed by atoms with E-state index in [4.69, 9.17) is 18.9 Å². The molecule has 2 atom stereocenters. The standard InChI is InChI=1S/C33H38FN3O8S/c1-42-26-15-13-25(14-16-26)37(30(39)20-46(41)19-29(38)35-24-11-9-22(34)10-12-24)31(33(40)36-23-7-5-6-8-23)21-17-27(43-2)32(45-4)28(18-21)44-3/h9-18,23,31H,5-8,19-20H2,1-4H3,(H,35,38)(H,36,40)/t31-,46-/m0/s1. The molecule has 0 bridgehead atoms. The third-order valence-corrected chi connectivity index (χ3v) is 8.69. The second-order valence-corrected chi connectivity index (χ2v) is 12.1. The second kappa shape index (κ2) is 16.1. The lowest BCUT2D eigenvalue weighted by Crippen LogP contribution is -2.47. The van der Waals surface area contributed by atoms with Crippen molar-refractivity contribution in [3.63, 3.8) is 0 Å². The van der Waals surface area contributed by atoms with Gasteiger partial charge in [-0.15, -0.1) is 0 Å². The van der Waals surface area contributed by atoms with Crippen molar-refractivity contribution in [1.29, 1.82) is 0 Å². The number of carbonyl (C=O) groups excluding carboxylic acids is 3. The highest BCUT2D eigenvalue weighted by Gasteiger charge is 2.36. The molecular weight excluding hydrogens is 617 g/mol. The number of hydrogen-bond donors (Lipinski definition) is 2. The van der Waals surface area contributed by atoms with Gasteiger partial charge in [-0.2, -0.15) is 0 Å². The summed E-state index contributed by atoms with van der Waals surface area (Å²) < 4.78 is 48.3. The van der Waals surface area contributed by atoms with Gasteiger partial charge in [-0.3, -0.25) is 23.5 Å². The van der Waals surface area contributed by atoms with Crippen molar-refractivity contribution in [2.75, 3.05) is 50.2 Å². The maximum Gasteiger partial charge on any atom is 0.248 e. The van der Waals surface area contributed by atoms with E-state index in [-0.39, 0.29) is 17.5 Å². The molecule has 2 N–H and O–H groups in total. The molecule has 0 spiro atoms. The molecule has 46 heavy (non-hydrogen) atoms. The molecule has 0 aliphatic heterocycles. The van der Waals surface area contributed by atoms with Crippen LogP contribution < -0.4 is 34.5 Å². The molecule has 0 unspecified atom stereocenters. The number of carbonyl (C=O) groups is 3. The van der Waals surface area contributed by atoms with E-state index in [1.54, 1.807) is 36.4 Å². The summed E-state index contributed by atoms with van der Waals surface area (Å²) in [4.78, 5) is 42.2. The predicted octanol–water partition coefficient (Wildman–Crippen LogP) is 4.38. The molecule has 4 rings (SSSR count). The summed E-state index contributed by atoms with van der Waals surface area (Å²) in [5.41, 5.74) is 1.01. The highest BCUT2D eigenvalue weighted by molar-refractivity contribution is 7.86. The number of rotatable bonds is 14. The molecule has 1 aliphatic rings. The number of anilines is 2. The van der Waals surface area contributed by atoms with Crippen LogP contribution in [0.3, 0.4) is 0 Å². The van der Waals surface area contributed by atoms with E-state index in [9.17, 15) is 23.0 Å². The Morgan fingerprint density at radius 3 is 2.02 bits per heavy atom. The Hall–Kier alpha value is -4.65. The molecule has 0 radical (unpaired) electrons. The van der Waals surface area contributed by atoms with Gasteiger partial charge in [-0.05, 0) is 79.1 Å². The van der Waals surface area contributed by atoms with Gasteiger partial charge < -0.3 is 29.6 Å². The summed E-state index contributed by atoms with van der Waals surface area (Å²) in [5, 5.41) is 5.64. The fraction of sp³-hybridized carbons (Fsp3) is 0.364. The molecule has 0 heterocycles. The van der Waals surface area contributed by atoms with E-state index in [1.807, 2.05) is 0 Å². The van der Waals surface area contributed by atoms with E-state index in [0.29, 0.717) is 28.4 Å². The minimum atomic E-state index is -1.97. The van der Waals surface area contributed by atoms with Gasteiger partial charge in [0.25, 0.3) is 0 Å². The monoisotopic (exact) mass is 655 g/mol. The number of benzene rings is 3. The fourth-order valence-electron chi connectivity index (χ4n) is 5.34. The van der Waals surface area contributed by atoms with E-state index in [1.165, 1.54) is 57.6 Å². The number of amides is 3. The Labute approximate surface area is 269 Å². The number of ether oxygens (including phenoxy) is 4. The summed E-state index contributed by atoms with van der Waals surface area (Å²) in [5.74, 6) is -1.89. The van der Waals surface area contributed by atoms with E-state index in [0.717, 1.165) is 25.7 Å². The van der Waals surface area contributed by atoms with Gasteiger partial charge in [0, 0.05) is 28.2 Å². The zero-order valence-corrected chi connectivity index (χ0v) is 27.0. The average molecular weight is 656 g/mol. The number of halogens is 1. The van der Waals surface area contributed by atoms with Gasteiger partial charge in [0.2, 0.25) is 23.5 Å². The first kappa shape index (κ1) is 34.2. The molecule has 246 valence electrons. The SMILES string of the molecule is COc1ccc(N(C(=O)C[S@@](=O)CC(=O)Nc2ccc(F)cc2)[C@H](C(=O)NC2CCCC2)c2cc(OC)c(OC)c(OC)c2)cc1. The van der Waals surface area contributed by atoms with Crippen molar-refractivity contribution >= 4 is 39.9 Å². The summed E-state index contributed by atoms with van der Waals surface area (Å²) >= 11 is 0. The fourth-order valence-corrected chi connectivity index (χ4v) is 6.22. The maximum atomic E-state index is 14.2. The Balaban J connectivity index is 1.72. The third kappa shape index (κ3) is 8.53. The lowest BCUT2D eigenvalue weighted by Gasteiger charge is -2.33. The van der Waals surface area contributed by atoms with Crippen LogP contribution in [0, 0.1) is 5.82 Å². The van der Waals surface area contributed by atoms with Crippen molar-refractivity contribution < 1.29 is 41.9 Å². The first-order chi connectivity index (χ1) is 22.2. The molecule has 3 aromatic carbocycles. The molecular formula is C33H38FN3O8S. The Morgan fingerprint density at radius 2 is 1.48 bits per heavy atom. The highest BCUT2D eigenvalue weighted by Crippen LogP contribution is 2.42. The van der Waals surface area contributed by atoms with Crippen LogP contribution in [-0.2, 0) is 25.2 Å². The van der Waals surface area contributed by atoms with Crippen molar-refractivity contribution in [2.45, 2.75) is 37.8 Å². The van der Waals surface area contributed by atoms with Crippen molar-refractivity contribution in [3.05, 3.63) is 72.0 Å².